The lowest BCUT2D eigenvalue weighted by Crippen LogP contribution is -2.40. The third-order valence-electron chi connectivity index (χ3n) is 5.26. The van der Waals surface area contributed by atoms with Crippen LogP contribution < -0.4 is 4.74 Å². The molecule has 9 heteroatoms. The van der Waals surface area contributed by atoms with Crippen molar-refractivity contribution < 1.29 is 24.2 Å². The Morgan fingerprint density at radius 1 is 1.16 bits per heavy atom. The van der Waals surface area contributed by atoms with Crippen LogP contribution in [-0.2, 0) is 15.7 Å². The highest BCUT2D eigenvalue weighted by Gasteiger charge is 2.29. The van der Waals surface area contributed by atoms with Gasteiger partial charge >= 0.3 is 5.97 Å². The molecule has 0 saturated carbocycles. The fourth-order valence-corrected chi connectivity index (χ4v) is 5.69. The average Bonchev–Trinajstić information content (AvgIpc) is 2.77. The van der Waals surface area contributed by atoms with Crippen molar-refractivity contribution in [2.45, 2.75) is 25.9 Å². The number of hydrogen-bond donors (Lipinski definition) is 1. The molecule has 172 valence electrons. The van der Waals surface area contributed by atoms with Crippen LogP contribution in [0, 0.1) is 5.92 Å². The number of amides is 1. The van der Waals surface area contributed by atoms with Crippen molar-refractivity contribution in [3.63, 3.8) is 0 Å². The Morgan fingerprint density at radius 3 is 2.41 bits per heavy atom. The van der Waals surface area contributed by atoms with E-state index in [0.29, 0.717) is 44.0 Å². The number of piperidine rings is 1. The quantitative estimate of drug-likeness (QED) is 0.321. The number of aromatic hydroxyl groups is 1. The van der Waals surface area contributed by atoms with Crippen molar-refractivity contribution in [3.05, 3.63) is 50.4 Å². The van der Waals surface area contributed by atoms with Gasteiger partial charge in [0.25, 0.3) is 5.91 Å². The van der Waals surface area contributed by atoms with Crippen LogP contribution in [-0.4, -0.2) is 48.2 Å². The van der Waals surface area contributed by atoms with Crippen LogP contribution in [0.15, 0.2) is 39.3 Å². The zero-order chi connectivity index (χ0) is 23.3. The van der Waals surface area contributed by atoms with Crippen LogP contribution in [0.5, 0.6) is 17.2 Å². The van der Waals surface area contributed by atoms with Gasteiger partial charge in [0.05, 0.1) is 27.0 Å². The SMILES string of the molecule is CCOC(=O)C1CCN(C(=O)c2cc(Oc3c(Br)cc(CPC)cc3Br)ccc2O)CC1. The number of carbonyl (C=O) groups is 2. The fraction of sp³-hybridized carbons (Fsp3) is 0.391. The number of carbonyl (C=O) groups excluding carboxylic acids is 2. The predicted octanol–water partition coefficient (Wildman–Crippen LogP) is 5.93. The Kier molecular flexibility index (Phi) is 8.97. The molecular weight excluding hydrogens is 561 g/mol. The van der Waals surface area contributed by atoms with Crippen LogP contribution in [0.3, 0.4) is 0 Å². The number of phenolic OH excluding ortho intramolecular Hbond substituents is 1. The highest BCUT2D eigenvalue weighted by molar-refractivity contribution is 9.11. The van der Waals surface area contributed by atoms with E-state index in [1.165, 1.54) is 11.6 Å². The van der Waals surface area contributed by atoms with Gasteiger partial charge in [0.1, 0.15) is 11.5 Å². The van der Waals surface area contributed by atoms with Gasteiger partial charge < -0.3 is 19.5 Å². The summed E-state index contributed by atoms with van der Waals surface area (Å²) >= 11 is 7.13. The molecule has 1 saturated heterocycles. The molecular formula is C23H26Br2NO5P. The molecule has 0 radical (unpaired) electrons. The Labute approximate surface area is 206 Å². The number of phenols is 1. The summed E-state index contributed by atoms with van der Waals surface area (Å²) in [5.41, 5.74) is 1.37. The lowest BCUT2D eigenvalue weighted by molar-refractivity contribution is -0.149. The molecule has 0 spiro atoms. The number of rotatable bonds is 7. The van der Waals surface area contributed by atoms with Gasteiger partial charge in [-0.25, -0.2) is 0 Å². The zero-order valence-corrected chi connectivity index (χ0v) is 22.2. The van der Waals surface area contributed by atoms with E-state index in [1.807, 2.05) is 12.1 Å². The summed E-state index contributed by atoms with van der Waals surface area (Å²) in [6.45, 7) is 5.16. The summed E-state index contributed by atoms with van der Waals surface area (Å²) in [7, 11) is 0.812. The second kappa shape index (κ2) is 11.5. The van der Waals surface area contributed by atoms with Gasteiger partial charge in [-0.2, -0.15) is 0 Å². The zero-order valence-electron chi connectivity index (χ0n) is 18.0. The van der Waals surface area contributed by atoms with E-state index in [9.17, 15) is 14.7 Å². The Hall–Kier alpha value is -1.63. The standard InChI is InChI=1S/C23H26Br2NO5P/c1-3-30-23(29)15-6-8-26(9-7-15)22(28)17-12-16(4-5-20(17)27)31-21-18(24)10-14(13-32-2)11-19(21)25/h4-5,10-12,15,27,32H,3,6-9,13H2,1-2H3. The third kappa shape index (κ3) is 6.03. The van der Waals surface area contributed by atoms with Crippen molar-refractivity contribution in [1.82, 2.24) is 4.90 Å². The van der Waals surface area contributed by atoms with E-state index in [-0.39, 0.29) is 29.1 Å². The first-order chi connectivity index (χ1) is 15.3. The van der Waals surface area contributed by atoms with E-state index in [0.717, 1.165) is 23.7 Å². The number of esters is 1. The fourth-order valence-electron chi connectivity index (χ4n) is 3.63. The first kappa shape index (κ1) is 25.0. The molecule has 0 bridgehead atoms. The summed E-state index contributed by atoms with van der Waals surface area (Å²) in [5, 5.41) is 10.3. The van der Waals surface area contributed by atoms with Crippen molar-refractivity contribution in [1.29, 1.82) is 0 Å². The number of halogens is 2. The first-order valence-corrected chi connectivity index (χ1v) is 13.7. The topological polar surface area (TPSA) is 76.1 Å². The number of likely N-dealkylation sites (tertiary alicyclic amines) is 1. The summed E-state index contributed by atoms with van der Waals surface area (Å²) in [6, 6.07) is 8.69. The average molecular weight is 587 g/mol. The lowest BCUT2D eigenvalue weighted by atomic mass is 9.96. The van der Waals surface area contributed by atoms with Gasteiger partial charge in [-0.05, 0) is 100 Å². The van der Waals surface area contributed by atoms with Crippen molar-refractivity contribution >= 4 is 52.3 Å². The summed E-state index contributed by atoms with van der Waals surface area (Å²) < 4.78 is 12.7. The molecule has 1 unspecified atom stereocenters. The molecule has 6 nitrogen and oxygen atoms in total. The minimum absolute atomic E-state index is 0.104. The van der Waals surface area contributed by atoms with Crippen LogP contribution in [0.25, 0.3) is 0 Å². The third-order valence-corrected chi connectivity index (χ3v) is 7.20. The van der Waals surface area contributed by atoms with Gasteiger partial charge in [0.2, 0.25) is 0 Å². The van der Waals surface area contributed by atoms with E-state index in [4.69, 9.17) is 9.47 Å². The van der Waals surface area contributed by atoms with Gasteiger partial charge in [-0.3, -0.25) is 9.59 Å². The number of benzene rings is 2. The normalized spacial score (nSPS) is 14.7. The summed E-state index contributed by atoms with van der Waals surface area (Å²) in [6.07, 6.45) is 2.08. The van der Waals surface area contributed by atoms with Gasteiger partial charge in [-0.1, -0.05) is 0 Å². The maximum Gasteiger partial charge on any atom is 0.309 e. The molecule has 1 aliphatic rings. The monoisotopic (exact) mass is 585 g/mol. The molecule has 1 amide bonds. The number of hydrogen-bond acceptors (Lipinski definition) is 5. The van der Waals surface area contributed by atoms with Crippen molar-refractivity contribution in [2.75, 3.05) is 26.4 Å². The minimum Gasteiger partial charge on any atom is -0.507 e. The highest BCUT2D eigenvalue weighted by Crippen LogP contribution is 2.39. The van der Waals surface area contributed by atoms with Gasteiger partial charge in [0.15, 0.2) is 5.75 Å². The van der Waals surface area contributed by atoms with Gasteiger partial charge in [0, 0.05) is 13.1 Å². The van der Waals surface area contributed by atoms with E-state index in [1.54, 1.807) is 24.0 Å². The smallest absolute Gasteiger partial charge is 0.309 e. The summed E-state index contributed by atoms with van der Waals surface area (Å²) in [4.78, 5) is 26.6. The molecule has 1 heterocycles. The number of ether oxygens (including phenoxy) is 2. The molecule has 3 rings (SSSR count). The Morgan fingerprint density at radius 2 is 1.81 bits per heavy atom. The van der Waals surface area contributed by atoms with Crippen molar-refractivity contribution in [3.8, 4) is 17.2 Å². The second-order valence-corrected chi connectivity index (χ2v) is 10.3. The predicted molar refractivity (Wildman–Crippen MR) is 133 cm³/mol. The van der Waals surface area contributed by atoms with Crippen LogP contribution in [0.2, 0.25) is 0 Å². The molecule has 1 atom stereocenters. The second-order valence-electron chi connectivity index (χ2n) is 7.52. The molecule has 1 N–H and O–H groups in total. The highest BCUT2D eigenvalue weighted by atomic mass is 79.9. The van der Waals surface area contributed by atoms with Crippen molar-refractivity contribution in [2.24, 2.45) is 5.92 Å². The molecule has 1 aliphatic heterocycles. The lowest BCUT2D eigenvalue weighted by Gasteiger charge is -2.31. The van der Waals surface area contributed by atoms with Crippen LogP contribution in [0.4, 0.5) is 0 Å². The van der Waals surface area contributed by atoms with Gasteiger partial charge in [-0.15, -0.1) is 8.58 Å². The molecule has 32 heavy (non-hydrogen) atoms. The summed E-state index contributed by atoms with van der Waals surface area (Å²) in [5.74, 6) is 0.263. The van der Waals surface area contributed by atoms with E-state index < -0.39 is 0 Å². The van der Waals surface area contributed by atoms with Crippen LogP contribution >= 0.6 is 40.4 Å². The Balaban J connectivity index is 1.74. The molecule has 2 aromatic rings. The van der Waals surface area contributed by atoms with E-state index in [2.05, 4.69) is 38.5 Å². The maximum absolute atomic E-state index is 13.1. The van der Waals surface area contributed by atoms with Crippen LogP contribution in [0.1, 0.15) is 35.7 Å². The first-order valence-electron chi connectivity index (χ1n) is 10.4. The Bertz CT molecular complexity index is 969. The molecule has 2 aromatic carbocycles. The largest absolute Gasteiger partial charge is 0.507 e. The molecule has 0 aliphatic carbocycles. The maximum atomic E-state index is 13.1. The molecule has 0 aromatic heterocycles. The minimum atomic E-state index is -0.285. The molecule has 1 fully saturated rings. The number of nitrogens with zero attached hydrogens (tertiary/aromatic N) is 1. The van der Waals surface area contributed by atoms with E-state index >= 15 is 0 Å².